The highest BCUT2D eigenvalue weighted by atomic mass is 32.2. The fraction of sp³-hybridized carbons (Fsp3) is 0.500. The number of hydrogen-bond donors (Lipinski definition) is 1. The quantitative estimate of drug-likeness (QED) is 0.673. The van der Waals surface area contributed by atoms with Gasteiger partial charge in [-0.05, 0) is 43.5 Å². The molecule has 0 amide bonds. The molecule has 1 aromatic carbocycles. The molecule has 0 aliphatic carbocycles. The number of ether oxygens (including phenoxy) is 2. The molecule has 138 valence electrons. The lowest BCUT2D eigenvalue weighted by molar-refractivity contribution is 0.190. The molecule has 2 aromatic rings. The predicted molar refractivity (Wildman–Crippen MR) is 93.0 cm³/mol. The molecule has 0 radical (unpaired) electrons. The van der Waals surface area contributed by atoms with Gasteiger partial charge in [0.2, 0.25) is 10.0 Å². The maximum absolute atomic E-state index is 12.7. The molecular formula is C16H24N4O4S. The molecule has 0 saturated carbocycles. The van der Waals surface area contributed by atoms with E-state index < -0.39 is 10.0 Å². The van der Waals surface area contributed by atoms with Crippen LogP contribution in [0.25, 0.3) is 0 Å². The lowest BCUT2D eigenvalue weighted by Crippen LogP contribution is -2.25. The van der Waals surface area contributed by atoms with Crippen molar-refractivity contribution in [3.63, 3.8) is 0 Å². The second-order valence-electron chi connectivity index (χ2n) is 5.70. The zero-order valence-electron chi connectivity index (χ0n) is 14.9. The molecular weight excluding hydrogens is 344 g/mol. The Morgan fingerprint density at radius 3 is 2.60 bits per heavy atom. The first-order valence-electron chi connectivity index (χ1n) is 7.89. The van der Waals surface area contributed by atoms with E-state index in [-0.39, 0.29) is 11.4 Å². The molecule has 1 heterocycles. The van der Waals surface area contributed by atoms with E-state index in [1.807, 2.05) is 13.8 Å². The van der Waals surface area contributed by atoms with Crippen molar-refractivity contribution >= 4 is 10.0 Å². The van der Waals surface area contributed by atoms with Crippen molar-refractivity contribution in [1.82, 2.24) is 19.5 Å². The van der Waals surface area contributed by atoms with Gasteiger partial charge in [0.1, 0.15) is 22.8 Å². The summed E-state index contributed by atoms with van der Waals surface area (Å²) in [5.41, 5.74) is 1.84. The zero-order chi connectivity index (χ0) is 18.4. The van der Waals surface area contributed by atoms with Crippen molar-refractivity contribution in [3.05, 3.63) is 35.4 Å². The fourth-order valence-corrected chi connectivity index (χ4v) is 3.57. The number of nitrogens with one attached hydrogen (secondary N) is 1. The minimum absolute atomic E-state index is 0.0470. The highest BCUT2D eigenvalue weighted by molar-refractivity contribution is 7.89. The van der Waals surface area contributed by atoms with E-state index in [4.69, 9.17) is 9.47 Å². The summed E-state index contributed by atoms with van der Waals surface area (Å²) in [7, 11) is -0.650. The number of rotatable bonds is 9. The minimum atomic E-state index is -3.74. The molecule has 25 heavy (non-hydrogen) atoms. The second kappa shape index (κ2) is 8.41. The molecule has 2 rings (SSSR count). The monoisotopic (exact) mass is 368 g/mol. The van der Waals surface area contributed by atoms with Gasteiger partial charge in [0, 0.05) is 20.3 Å². The number of benzene rings is 1. The fourth-order valence-electron chi connectivity index (χ4n) is 2.35. The summed E-state index contributed by atoms with van der Waals surface area (Å²) in [4.78, 5) is 0.114. The maximum Gasteiger partial charge on any atom is 0.244 e. The summed E-state index contributed by atoms with van der Waals surface area (Å²) in [5, 5.41) is 7.83. The third kappa shape index (κ3) is 4.77. The lowest BCUT2D eigenvalue weighted by Gasteiger charge is -2.13. The first kappa shape index (κ1) is 19.4. The topological polar surface area (TPSA) is 95.3 Å². The number of nitrogens with zero attached hydrogens (tertiary/aromatic N) is 3. The predicted octanol–water partition coefficient (Wildman–Crippen LogP) is 1.42. The van der Waals surface area contributed by atoms with Gasteiger partial charge in [-0.3, -0.25) is 0 Å². The highest BCUT2D eigenvalue weighted by Gasteiger charge is 2.21. The molecule has 0 aliphatic rings. The van der Waals surface area contributed by atoms with Crippen molar-refractivity contribution in [3.8, 4) is 5.75 Å². The molecule has 0 aliphatic heterocycles. The van der Waals surface area contributed by atoms with E-state index in [0.717, 1.165) is 17.5 Å². The Labute approximate surface area is 148 Å². The van der Waals surface area contributed by atoms with Crippen LogP contribution in [0.1, 0.15) is 23.4 Å². The lowest BCUT2D eigenvalue weighted by atomic mass is 10.1. The van der Waals surface area contributed by atoms with Crippen LogP contribution in [0.2, 0.25) is 0 Å². The van der Waals surface area contributed by atoms with Crippen LogP contribution in [0.5, 0.6) is 5.75 Å². The van der Waals surface area contributed by atoms with Crippen LogP contribution in [0.4, 0.5) is 0 Å². The Bertz CT molecular complexity index is 818. The van der Waals surface area contributed by atoms with Crippen molar-refractivity contribution in [2.24, 2.45) is 0 Å². The van der Waals surface area contributed by atoms with E-state index in [1.165, 1.54) is 7.11 Å². The largest absolute Gasteiger partial charge is 0.495 e. The summed E-state index contributed by atoms with van der Waals surface area (Å²) in [6.45, 7) is 5.09. The SMILES string of the molecule is COCCCn1cnnc1CNS(=O)(=O)c1cc(C)c(C)cc1OC. The average molecular weight is 368 g/mol. The van der Waals surface area contributed by atoms with E-state index in [1.54, 1.807) is 30.1 Å². The molecule has 0 saturated heterocycles. The van der Waals surface area contributed by atoms with Crippen LogP contribution < -0.4 is 9.46 Å². The van der Waals surface area contributed by atoms with Gasteiger partial charge in [0.25, 0.3) is 0 Å². The highest BCUT2D eigenvalue weighted by Crippen LogP contribution is 2.27. The number of hydrogen-bond acceptors (Lipinski definition) is 6. The third-order valence-corrected chi connectivity index (χ3v) is 5.36. The van der Waals surface area contributed by atoms with Gasteiger partial charge in [0.05, 0.1) is 13.7 Å². The Morgan fingerprint density at radius 2 is 1.92 bits per heavy atom. The van der Waals surface area contributed by atoms with Gasteiger partial charge in [-0.1, -0.05) is 0 Å². The van der Waals surface area contributed by atoms with Gasteiger partial charge in [-0.25, -0.2) is 13.1 Å². The Hall–Kier alpha value is -1.97. The van der Waals surface area contributed by atoms with Crippen molar-refractivity contribution < 1.29 is 17.9 Å². The summed E-state index contributed by atoms with van der Waals surface area (Å²) in [6, 6.07) is 3.33. The van der Waals surface area contributed by atoms with Crippen molar-refractivity contribution in [1.29, 1.82) is 0 Å². The van der Waals surface area contributed by atoms with Gasteiger partial charge < -0.3 is 14.0 Å². The van der Waals surface area contributed by atoms with Crippen molar-refractivity contribution in [2.75, 3.05) is 20.8 Å². The van der Waals surface area contributed by atoms with Crippen molar-refractivity contribution in [2.45, 2.75) is 38.3 Å². The number of sulfonamides is 1. The summed E-state index contributed by atoms with van der Waals surface area (Å²) in [5.74, 6) is 0.861. The minimum Gasteiger partial charge on any atom is -0.495 e. The molecule has 1 N–H and O–H groups in total. The molecule has 0 bridgehead atoms. The summed E-state index contributed by atoms with van der Waals surface area (Å²) >= 11 is 0. The zero-order valence-corrected chi connectivity index (χ0v) is 15.8. The van der Waals surface area contributed by atoms with E-state index >= 15 is 0 Å². The summed E-state index contributed by atoms with van der Waals surface area (Å²) in [6.07, 6.45) is 2.37. The molecule has 0 fully saturated rings. The van der Waals surface area contributed by atoms with Gasteiger partial charge in [0.15, 0.2) is 0 Å². The molecule has 8 nitrogen and oxygen atoms in total. The molecule has 0 spiro atoms. The van der Waals surface area contributed by atoms with E-state index in [2.05, 4.69) is 14.9 Å². The molecule has 0 atom stereocenters. The number of aryl methyl sites for hydroxylation is 3. The van der Waals surface area contributed by atoms with E-state index in [9.17, 15) is 8.42 Å². The van der Waals surface area contributed by atoms with Crippen LogP contribution in [0.3, 0.4) is 0 Å². The van der Waals surface area contributed by atoms with Crippen LogP contribution in [-0.4, -0.2) is 44.0 Å². The van der Waals surface area contributed by atoms with Gasteiger partial charge >= 0.3 is 0 Å². The Balaban J connectivity index is 2.15. The number of aromatic nitrogens is 3. The standard InChI is InChI=1S/C16H24N4O4S/c1-12-8-14(24-4)15(9-13(12)2)25(21,22)18-10-16-19-17-11-20(16)6-5-7-23-3/h8-9,11,18H,5-7,10H2,1-4H3. The van der Waals surface area contributed by atoms with Gasteiger partial charge in [-0.15, -0.1) is 10.2 Å². The van der Waals surface area contributed by atoms with Crippen LogP contribution in [0.15, 0.2) is 23.4 Å². The van der Waals surface area contributed by atoms with E-state index in [0.29, 0.717) is 24.7 Å². The smallest absolute Gasteiger partial charge is 0.244 e. The maximum atomic E-state index is 12.7. The van der Waals surface area contributed by atoms with Crippen LogP contribution >= 0.6 is 0 Å². The van der Waals surface area contributed by atoms with Crippen LogP contribution in [-0.2, 0) is 27.8 Å². The third-order valence-electron chi connectivity index (χ3n) is 3.93. The van der Waals surface area contributed by atoms with Crippen LogP contribution in [0, 0.1) is 13.8 Å². The average Bonchev–Trinajstić information content (AvgIpc) is 3.03. The first-order chi connectivity index (χ1) is 11.9. The molecule has 1 aromatic heterocycles. The molecule has 9 heteroatoms. The number of methoxy groups -OCH3 is 2. The summed E-state index contributed by atoms with van der Waals surface area (Å²) < 4.78 is 40.0. The molecule has 0 unspecified atom stereocenters. The second-order valence-corrected chi connectivity index (χ2v) is 7.43. The first-order valence-corrected chi connectivity index (χ1v) is 9.38. The Kier molecular flexibility index (Phi) is 6.51. The van der Waals surface area contributed by atoms with Gasteiger partial charge in [-0.2, -0.15) is 0 Å². The Morgan fingerprint density at radius 1 is 1.20 bits per heavy atom. The normalized spacial score (nSPS) is 11.7.